The van der Waals surface area contributed by atoms with Gasteiger partial charge in [0, 0.05) is 18.1 Å². The summed E-state index contributed by atoms with van der Waals surface area (Å²) in [7, 11) is 0. The van der Waals surface area contributed by atoms with Gasteiger partial charge in [-0.05, 0) is 37.1 Å². The minimum Gasteiger partial charge on any atom is -0.274 e. The summed E-state index contributed by atoms with van der Waals surface area (Å²) < 4.78 is 0. The van der Waals surface area contributed by atoms with E-state index in [4.69, 9.17) is 23.2 Å². The molecule has 0 bridgehead atoms. The Hall–Kier alpha value is -1.92. The summed E-state index contributed by atoms with van der Waals surface area (Å²) in [5.74, 6) is -0.845. The summed E-state index contributed by atoms with van der Waals surface area (Å²) in [6, 6.07) is 12.5. The van der Waals surface area contributed by atoms with Crippen LogP contribution in [-0.2, 0) is 9.59 Å². The van der Waals surface area contributed by atoms with Crippen LogP contribution in [-0.4, -0.2) is 41.0 Å². The molecule has 2 aromatic rings. The van der Waals surface area contributed by atoms with Gasteiger partial charge in [0.25, 0.3) is 5.91 Å². The van der Waals surface area contributed by atoms with Gasteiger partial charge in [-0.1, -0.05) is 53.0 Å². The van der Waals surface area contributed by atoms with E-state index in [1.807, 2.05) is 6.92 Å². The maximum absolute atomic E-state index is 13.5. The number of carbonyl (C=O) groups excluding carboxylic acids is 2. The molecule has 0 spiro atoms. The monoisotopic (exact) mass is 415 g/mol. The Kier molecular flexibility index (Phi) is 4.25. The van der Waals surface area contributed by atoms with Crippen molar-refractivity contribution in [2.75, 3.05) is 18.0 Å². The van der Waals surface area contributed by atoms with Crippen molar-refractivity contribution in [2.45, 2.75) is 25.4 Å². The van der Waals surface area contributed by atoms with Crippen molar-refractivity contribution in [3.8, 4) is 0 Å². The van der Waals surface area contributed by atoms with Crippen molar-refractivity contribution in [1.29, 1.82) is 0 Å². The van der Waals surface area contributed by atoms with Crippen LogP contribution in [0.1, 0.15) is 23.6 Å². The number of halogens is 2. The number of amides is 2. The molecular formula is C21H19Cl2N3O2. The predicted molar refractivity (Wildman–Crippen MR) is 108 cm³/mol. The highest BCUT2D eigenvalue weighted by atomic mass is 35.5. The quantitative estimate of drug-likeness (QED) is 0.698. The van der Waals surface area contributed by atoms with Gasteiger partial charge in [0.15, 0.2) is 0 Å². The molecule has 0 N–H and O–H groups in total. The van der Waals surface area contributed by atoms with Crippen LogP contribution in [0.4, 0.5) is 5.69 Å². The van der Waals surface area contributed by atoms with E-state index in [0.717, 1.165) is 25.1 Å². The molecule has 144 valence electrons. The number of hydrogen-bond acceptors (Lipinski definition) is 4. The molecular weight excluding hydrogens is 397 g/mol. The fourth-order valence-electron chi connectivity index (χ4n) is 4.78. The number of benzene rings is 2. The second-order valence-corrected chi connectivity index (χ2v) is 8.46. The van der Waals surface area contributed by atoms with Gasteiger partial charge < -0.3 is 0 Å². The van der Waals surface area contributed by atoms with Crippen LogP contribution in [0, 0.1) is 12.8 Å². The van der Waals surface area contributed by atoms with Crippen molar-refractivity contribution in [1.82, 2.24) is 10.0 Å². The molecule has 0 unspecified atom stereocenters. The Morgan fingerprint density at radius 2 is 1.57 bits per heavy atom. The molecule has 5 nitrogen and oxygen atoms in total. The Balaban J connectivity index is 1.59. The zero-order valence-electron chi connectivity index (χ0n) is 15.3. The van der Waals surface area contributed by atoms with Gasteiger partial charge in [-0.25, -0.2) is 14.9 Å². The zero-order valence-corrected chi connectivity index (χ0v) is 16.8. The molecule has 7 heteroatoms. The van der Waals surface area contributed by atoms with Gasteiger partial charge in [0.05, 0.1) is 22.7 Å². The second-order valence-electron chi connectivity index (χ2n) is 7.61. The van der Waals surface area contributed by atoms with Crippen molar-refractivity contribution in [2.24, 2.45) is 5.92 Å². The first-order valence-electron chi connectivity index (χ1n) is 9.40. The van der Waals surface area contributed by atoms with Crippen molar-refractivity contribution < 1.29 is 9.59 Å². The number of aryl methyl sites for hydroxylation is 1. The molecule has 3 fully saturated rings. The number of fused-ring (bicyclic) bond motifs is 3. The highest BCUT2D eigenvalue weighted by molar-refractivity contribution is 6.38. The largest absolute Gasteiger partial charge is 0.274 e. The minimum absolute atomic E-state index is 0.138. The van der Waals surface area contributed by atoms with Crippen LogP contribution in [0.3, 0.4) is 0 Å². The molecule has 0 radical (unpaired) electrons. The fourth-order valence-corrected chi connectivity index (χ4v) is 5.27. The van der Waals surface area contributed by atoms with Crippen LogP contribution in [0.15, 0.2) is 42.5 Å². The number of hydrazine groups is 1. The van der Waals surface area contributed by atoms with Gasteiger partial charge in [0.1, 0.15) is 6.04 Å². The highest BCUT2D eigenvalue weighted by Crippen LogP contribution is 2.49. The van der Waals surface area contributed by atoms with E-state index in [1.54, 1.807) is 18.2 Å². The molecule has 2 amide bonds. The molecule has 2 aromatic carbocycles. The third-order valence-electron chi connectivity index (χ3n) is 5.98. The van der Waals surface area contributed by atoms with Crippen LogP contribution >= 0.6 is 23.2 Å². The molecule has 3 aliphatic rings. The van der Waals surface area contributed by atoms with Gasteiger partial charge in [-0.15, -0.1) is 0 Å². The van der Waals surface area contributed by atoms with Crippen molar-refractivity contribution in [3.63, 3.8) is 0 Å². The van der Waals surface area contributed by atoms with Gasteiger partial charge in [-0.2, -0.15) is 0 Å². The molecule has 5 rings (SSSR count). The standard InChI is InChI=1S/C21H19Cl2N3O2/c1-12-3-5-13(6-4-12)18-17-19(25-10-2-9-24(18)25)21(28)26(20(17)27)16-8-7-14(22)11-15(16)23/h3-8,11,17-19H,2,9-10H2,1H3/t17-,18+,19+/m1/s1. The van der Waals surface area contributed by atoms with Crippen LogP contribution in [0.2, 0.25) is 10.0 Å². The fraction of sp³-hybridized carbons (Fsp3) is 0.333. The Labute approximate surface area is 173 Å². The SMILES string of the molecule is Cc1ccc([C@H]2[C@H]3C(=O)N(c4ccc(Cl)cc4Cl)C(=O)[C@H]3N3CCCN23)cc1. The summed E-state index contributed by atoms with van der Waals surface area (Å²) >= 11 is 12.3. The van der Waals surface area contributed by atoms with Gasteiger partial charge >= 0.3 is 0 Å². The molecule has 28 heavy (non-hydrogen) atoms. The molecule has 3 atom stereocenters. The lowest BCUT2D eigenvalue weighted by Gasteiger charge is -2.30. The highest BCUT2D eigenvalue weighted by Gasteiger charge is 2.63. The molecule has 0 aliphatic carbocycles. The van der Waals surface area contributed by atoms with E-state index in [-0.39, 0.29) is 17.9 Å². The lowest BCUT2D eigenvalue weighted by Crippen LogP contribution is -2.44. The summed E-state index contributed by atoms with van der Waals surface area (Å²) in [6.45, 7) is 3.68. The number of nitrogens with zero attached hydrogens (tertiary/aromatic N) is 3. The summed E-state index contributed by atoms with van der Waals surface area (Å²) in [6.07, 6.45) is 0.981. The molecule has 3 aliphatic heterocycles. The molecule has 3 heterocycles. The van der Waals surface area contributed by atoms with E-state index in [9.17, 15) is 9.59 Å². The number of imide groups is 1. The molecule has 0 aromatic heterocycles. The Morgan fingerprint density at radius 3 is 2.25 bits per heavy atom. The summed E-state index contributed by atoms with van der Waals surface area (Å²) in [5, 5.41) is 5.06. The normalized spacial score (nSPS) is 27.5. The Bertz CT molecular complexity index is 978. The summed E-state index contributed by atoms with van der Waals surface area (Å²) in [5.41, 5.74) is 2.64. The lowest BCUT2D eigenvalue weighted by molar-refractivity contribution is -0.126. The molecule has 3 saturated heterocycles. The average Bonchev–Trinajstić information content (AvgIpc) is 3.30. The first kappa shape index (κ1) is 18.1. The van der Waals surface area contributed by atoms with Gasteiger partial charge in [-0.3, -0.25) is 9.59 Å². The van der Waals surface area contributed by atoms with E-state index in [0.29, 0.717) is 15.7 Å². The maximum atomic E-state index is 13.5. The van der Waals surface area contributed by atoms with Crippen LogP contribution in [0.25, 0.3) is 0 Å². The van der Waals surface area contributed by atoms with E-state index in [1.165, 1.54) is 10.5 Å². The lowest BCUT2D eigenvalue weighted by atomic mass is 9.89. The second kappa shape index (κ2) is 6.56. The smallest absolute Gasteiger partial charge is 0.253 e. The first-order chi connectivity index (χ1) is 13.5. The molecule has 0 saturated carbocycles. The minimum atomic E-state index is -0.479. The number of hydrogen-bond donors (Lipinski definition) is 0. The third kappa shape index (κ3) is 2.54. The zero-order chi connectivity index (χ0) is 19.6. The number of carbonyl (C=O) groups is 2. The van der Waals surface area contributed by atoms with E-state index >= 15 is 0 Å². The van der Waals surface area contributed by atoms with Gasteiger partial charge in [0.2, 0.25) is 5.91 Å². The third-order valence-corrected chi connectivity index (χ3v) is 6.51. The van der Waals surface area contributed by atoms with E-state index in [2.05, 4.69) is 34.3 Å². The topological polar surface area (TPSA) is 43.9 Å². The maximum Gasteiger partial charge on any atom is 0.253 e. The van der Waals surface area contributed by atoms with Crippen LogP contribution < -0.4 is 4.90 Å². The first-order valence-corrected chi connectivity index (χ1v) is 10.2. The van der Waals surface area contributed by atoms with Crippen molar-refractivity contribution >= 4 is 40.7 Å². The van der Waals surface area contributed by atoms with E-state index < -0.39 is 12.0 Å². The Morgan fingerprint density at radius 1 is 0.893 bits per heavy atom. The van der Waals surface area contributed by atoms with Crippen LogP contribution in [0.5, 0.6) is 0 Å². The number of anilines is 1. The van der Waals surface area contributed by atoms with Crippen molar-refractivity contribution in [3.05, 3.63) is 63.6 Å². The average molecular weight is 416 g/mol. The predicted octanol–water partition coefficient (Wildman–Crippen LogP) is 3.84. The number of rotatable bonds is 2. The summed E-state index contributed by atoms with van der Waals surface area (Å²) in [4.78, 5) is 28.1.